The molecule has 0 amide bonds. The van der Waals surface area contributed by atoms with E-state index in [1.165, 1.54) is 12.1 Å². The third kappa shape index (κ3) is 3.02. The van der Waals surface area contributed by atoms with Gasteiger partial charge in [-0.25, -0.2) is 14.4 Å². The molecule has 0 bridgehead atoms. The van der Waals surface area contributed by atoms with Crippen LogP contribution in [0.15, 0.2) is 70.2 Å². The van der Waals surface area contributed by atoms with Crippen LogP contribution >= 0.6 is 34.7 Å². The summed E-state index contributed by atoms with van der Waals surface area (Å²) in [5.74, 6) is -0.245. The highest BCUT2D eigenvalue weighted by atomic mass is 35.5. The van der Waals surface area contributed by atoms with E-state index in [9.17, 15) is 4.39 Å². The summed E-state index contributed by atoms with van der Waals surface area (Å²) in [6.45, 7) is 0. The van der Waals surface area contributed by atoms with Gasteiger partial charge in [0.25, 0.3) is 0 Å². The molecule has 0 aliphatic carbocycles. The van der Waals surface area contributed by atoms with E-state index in [1.807, 2.05) is 29.6 Å². The Morgan fingerprint density at radius 3 is 2.46 bits per heavy atom. The topological polar surface area (TPSA) is 25.8 Å². The average Bonchev–Trinajstić information content (AvgIpc) is 3.03. The maximum Gasteiger partial charge on any atom is 0.128 e. The lowest BCUT2D eigenvalue weighted by molar-refractivity contribution is 0.628. The van der Waals surface area contributed by atoms with Gasteiger partial charge < -0.3 is 0 Å². The Bertz CT molecular complexity index is 998. The largest absolute Gasteiger partial charge is 0.229 e. The van der Waals surface area contributed by atoms with Gasteiger partial charge in [-0.2, -0.15) is 0 Å². The first kappa shape index (κ1) is 15.6. The second-order valence-electron chi connectivity index (χ2n) is 5.07. The lowest BCUT2D eigenvalue weighted by Crippen LogP contribution is -1.86. The van der Waals surface area contributed by atoms with E-state index >= 15 is 0 Å². The number of nitrogens with zero attached hydrogens (tertiary/aromatic N) is 2. The van der Waals surface area contributed by atoms with Crippen LogP contribution in [0.3, 0.4) is 0 Å². The quantitative estimate of drug-likeness (QED) is 0.394. The summed E-state index contributed by atoms with van der Waals surface area (Å²) in [7, 11) is 0. The maximum atomic E-state index is 13.2. The first-order chi connectivity index (χ1) is 11.7. The Morgan fingerprint density at radius 1 is 0.958 bits per heavy atom. The van der Waals surface area contributed by atoms with Gasteiger partial charge in [0.2, 0.25) is 0 Å². The molecule has 2 nitrogen and oxygen atoms in total. The van der Waals surface area contributed by atoms with E-state index < -0.39 is 0 Å². The summed E-state index contributed by atoms with van der Waals surface area (Å²) in [5, 5.41) is 4.62. The highest BCUT2D eigenvalue weighted by molar-refractivity contribution is 7.99. The molecule has 24 heavy (non-hydrogen) atoms. The molecule has 0 aliphatic heterocycles. The molecule has 0 spiro atoms. The van der Waals surface area contributed by atoms with Crippen molar-refractivity contribution in [3.8, 4) is 11.1 Å². The fourth-order valence-corrected chi connectivity index (χ4v) is 4.39. The number of hydrogen-bond acceptors (Lipinski definition) is 4. The van der Waals surface area contributed by atoms with Crippen molar-refractivity contribution < 1.29 is 4.39 Å². The molecule has 2 heterocycles. The van der Waals surface area contributed by atoms with Gasteiger partial charge in [0.05, 0.1) is 5.39 Å². The predicted octanol–water partition coefficient (Wildman–Crippen LogP) is 6.30. The summed E-state index contributed by atoms with van der Waals surface area (Å²) in [4.78, 5) is 10.8. The molecule has 0 saturated carbocycles. The van der Waals surface area contributed by atoms with E-state index in [-0.39, 0.29) is 5.82 Å². The molecular weight excluding hydrogens is 363 g/mol. The van der Waals surface area contributed by atoms with Gasteiger partial charge in [-0.05, 0) is 42.0 Å². The normalized spacial score (nSPS) is 11.1. The number of fused-ring (bicyclic) bond motifs is 1. The van der Waals surface area contributed by atoms with Gasteiger partial charge in [0.1, 0.15) is 22.0 Å². The van der Waals surface area contributed by atoms with Crippen LogP contribution in [0.25, 0.3) is 21.3 Å². The highest BCUT2D eigenvalue weighted by Gasteiger charge is 2.14. The van der Waals surface area contributed by atoms with Crippen LogP contribution in [0.2, 0.25) is 5.02 Å². The molecule has 2 aromatic heterocycles. The summed E-state index contributed by atoms with van der Waals surface area (Å²) in [6, 6.07) is 14.1. The molecule has 0 atom stereocenters. The van der Waals surface area contributed by atoms with Crippen molar-refractivity contribution in [3.63, 3.8) is 0 Å². The lowest BCUT2D eigenvalue weighted by Gasteiger charge is -2.05. The minimum atomic E-state index is -0.245. The van der Waals surface area contributed by atoms with Crippen LogP contribution in [-0.2, 0) is 0 Å². The molecule has 0 unspecified atom stereocenters. The molecule has 0 aliphatic rings. The molecule has 0 saturated heterocycles. The first-order valence-corrected chi connectivity index (χ1v) is 9.20. The van der Waals surface area contributed by atoms with Gasteiger partial charge in [0.15, 0.2) is 0 Å². The van der Waals surface area contributed by atoms with Crippen molar-refractivity contribution >= 4 is 44.9 Å². The van der Waals surface area contributed by atoms with Crippen LogP contribution in [0.5, 0.6) is 0 Å². The fourth-order valence-electron chi connectivity index (χ4n) is 2.38. The van der Waals surface area contributed by atoms with Gasteiger partial charge in [-0.15, -0.1) is 11.3 Å². The number of thiophene rings is 1. The van der Waals surface area contributed by atoms with E-state index in [0.29, 0.717) is 5.02 Å². The second kappa shape index (κ2) is 6.51. The Hall–Kier alpha value is -1.95. The van der Waals surface area contributed by atoms with Gasteiger partial charge in [0, 0.05) is 20.9 Å². The minimum absolute atomic E-state index is 0.245. The number of halogens is 2. The lowest BCUT2D eigenvalue weighted by atomic mass is 10.1. The fraction of sp³-hybridized carbons (Fsp3) is 0. The second-order valence-corrected chi connectivity index (χ2v) is 7.43. The van der Waals surface area contributed by atoms with E-state index in [0.717, 1.165) is 31.3 Å². The van der Waals surface area contributed by atoms with E-state index in [2.05, 4.69) is 9.97 Å². The molecule has 6 heteroatoms. The van der Waals surface area contributed by atoms with Crippen molar-refractivity contribution in [1.82, 2.24) is 9.97 Å². The summed E-state index contributed by atoms with van der Waals surface area (Å²) < 4.78 is 13.2. The maximum absolute atomic E-state index is 13.2. The molecule has 0 radical (unpaired) electrons. The van der Waals surface area contributed by atoms with Gasteiger partial charge >= 0.3 is 0 Å². The number of aromatic nitrogens is 2. The summed E-state index contributed by atoms with van der Waals surface area (Å²) >= 11 is 9.07. The van der Waals surface area contributed by atoms with E-state index in [4.69, 9.17) is 11.6 Å². The van der Waals surface area contributed by atoms with Crippen LogP contribution in [0.1, 0.15) is 0 Å². The van der Waals surface area contributed by atoms with Crippen molar-refractivity contribution in [3.05, 3.63) is 71.1 Å². The summed E-state index contributed by atoms with van der Waals surface area (Å²) in [6.07, 6.45) is 1.57. The number of rotatable bonds is 3. The van der Waals surface area contributed by atoms with Crippen LogP contribution in [0, 0.1) is 5.82 Å². The van der Waals surface area contributed by atoms with Crippen molar-refractivity contribution in [2.75, 3.05) is 0 Å². The van der Waals surface area contributed by atoms with Crippen molar-refractivity contribution in [2.24, 2.45) is 0 Å². The molecular formula is C18H10ClFN2S2. The monoisotopic (exact) mass is 372 g/mol. The zero-order valence-electron chi connectivity index (χ0n) is 12.2. The van der Waals surface area contributed by atoms with Crippen molar-refractivity contribution in [2.45, 2.75) is 9.92 Å². The third-order valence-corrected chi connectivity index (χ3v) is 5.67. The molecule has 0 N–H and O–H groups in total. The Kier molecular flexibility index (Phi) is 4.22. The van der Waals surface area contributed by atoms with Crippen molar-refractivity contribution in [1.29, 1.82) is 0 Å². The smallest absolute Gasteiger partial charge is 0.128 e. The summed E-state index contributed by atoms with van der Waals surface area (Å²) in [5.41, 5.74) is 1.97. The Morgan fingerprint density at radius 2 is 1.71 bits per heavy atom. The SMILES string of the molecule is Fc1ccc(-c2csc3ncnc(Sc4ccc(Cl)cc4)c23)cc1. The Balaban J connectivity index is 1.82. The number of hydrogen-bond donors (Lipinski definition) is 0. The molecule has 4 aromatic rings. The van der Waals surface area contributed by atoms with Crippen LogP contribution in [-0.4, -0.2) is 9.97 Å². The zero-order valence-corrected chi connectivity index (χ0v) is 14.6. The predicted molar refractivity (Wildman–Crippen MR) is 98.4 cm³/mol. The van der Waals surface area contributed by atoms with Gasteiger partial charge in [-0.1, -0.05) is 35.5 Å². The minimum Gasteiger partial charge on any atom is -0.229 e. The zero-order chi connectivity index (χ0) is 16.5. The van der Waals surface area contributed by atoms with Gasteiger partial charge in [-0.3, -0.25) is 0 Å². The molecule has 2 aromatic carbocycles. The van der Waals surface area contributed by atoms with E-state index in [1.54, 1.807) is 41.6 Å². The number of benzene rings is 2. The average molecular weight is 373 g/mol. The Labute approximate surface area is 151 Å². The molecule has 118 valence electrons. The molecule has 4 rings (SSSR count). The van der Waals surface area contributed by atoms with Crippen LogP contribution in [0.4, 0.5) is 4.39 Å². The third-order valence-electron chi connectivity index (χ3n) is 3.52. The highest BCUT2D eigenvalue weighted by Crippen LogP contribution is 2.40. The van der Waals surface area contributed by atoms with Crippen LogP contribution < -0.4 is 0 Å². The standard InChI is InChI=1S/C18H10ClFN2S2/c19-12-3-7-14(8-4-12)24-18-16-15(9-23-17(16)21-10-22-18)11-1-5-13(20)6-2-11/h1-10H. The first-order valence-electron chi connectivity index (χ1n) is 7.12. The molecule has 0 fully saturated rings.